The predicted molar refractivity (Wildman–Crippen MR) is 124 cm³/mol. The molecule has 1 saturated heterocycles. The normalized spacial score (nSPS) is 19.1. The van der Waals surface area contributed by atoms with Crippen LogP contribution in [0.25, 0.3) is 0 Å². The van der Waals surface area contributed by atoms with E-state index in [0.29, 0.717) is 25.4 Å². The third kappa shape index (κ3) is 5.18. The van der Waals surface area contributed by atoms with Crippen LogP contribution in [0.5, 0.6) is 0 Å². The Balaban J connectivity index is 1.47. The maximum atomic E-state index is 13.4. The zero-order valence-corrected chi connectivity index (χ0v) is 19.4. The van der Waals surface area contributed by atoms with Crippen LogP contribution < -0.4 is 4.90 Å². The molecule has 0 aliphatic carbocycles. The minimum Gasteiger partial charge on any atom is -0.315 e. The highest BCUT2D eigenvalue weighted by Gasteiger charge is 2.29. The number of hydrogen-bond acceptors (Lipinski definition) is 5. The van der Waals surface area contributed by atoms with Crippen LogP contribution in [0.3, 0.4) is 0 Å². The average Bonchev–Trinajstić information content (AvgIpc) is 3.02. The number of aromatic nitrogens is 3. The Morgan fingerprint density at radius 1 is 1.12 bits per heavy atom. The van der Waals surface area contributed by atoms with Crippen LogP contribution in [-0.4, -0.2) is 51.8 Å². The van der Waals surface area contributed by atoms with Crippen molar-refractivity contribution in [3.8, 4) is 6.07 Å². The lowest BCUT2D eigenvalue weighted by atomic mass is 9.97. The number of likely N-dealkylation sites (tertiary alicyclic amines) is 1. The van der Waals surface area contributed by atoms with Crippen LogP contribution in [0.2, 0.25) is 0 Å². The number of benzene rings is 1. The Hall–Kier alpha value is -2.72. The standard InChI is InChI=1S/C25H34N6O/c1-19-14-20(2)16-22(15-19)30(13-7-10-26)24(32)18-29-11-6-8-21(17-29)25-28-27-23-9-4-3-5-12-31(23)25/h14-16,21H,3-9,11-13,17-18H2,1-2H3. The van der Waals surface area contributed by atoms with Gasteiger partial charge in [0, 0.05) is 37.7 Å². The Kier molecular flexibility index (Phi) is 7.21. The number of hydrogen-bond donors (Lipinski definition) is 0. The van der Waals surface area contributed by atoms with Crippen molar-refractivity contribution in [2.75, 3.05) is 31.1 Å². The molecular formula is C25H34N6O. The fourth-order valence-electron chi connectivity index (χ4n) is 5.16. The lowest BCUT2D eigenvalue weighted by molar-refractivity contribution is -0.120. The first-order valence-corrected chi connectivity index (χ1v) is 11.9. The quantitative estimate of drug-likeness (QED) is 0.692. The monoisotopic (exact) mass is 434 g/mol. The van der Waals surface area contributed by atoms with Crippen LogP contribution in [0.4, 0.5) is 5.69 Å². The molecule has 1 fully saturated rings. The van der Waals surface area contributed by atoms with E-state index in [4.69, 9.17) is 5.26 Å². The van der Waals surface area contributed by atoms with E-state index < -0.39 is 0 Å². The van der Waals surface area contributed by atoms with E-state index in [1.165, 1.54) is 19.3 Å². The maximum Gasteiger partial charge on any atom is 0.241 e. The molecule has 0 saturated carbocycles. The highest BCUT2D eigenvalue weighted by atomic mass is 16.2. The van der Waals surface area contributed by atoms with Gasteiger partial charge in [0.1, 0.15) is 11.6 Å². The van der Waals surface area contributed by atoms with Gasteiger partial charge >= 0.3 is 0 Å². The van der Waals surface area contributed by atoms with E-state index in [9.17, 15) is 4.79 Å². The first-order valence-electron chi connectivity index (χ1n) is 11.9. The van der Waals surface area contributed by atoms with Gasteiger partial charge in [-0.05, 0) is 69.3 Å². The summed E-state index contributed by atoms with van der Waals surface area (Å²) in [5.41, 5.74) is 3.14. The molecule has 7 heteroatoms. The zero-order valence-electron chi connectivity index (χ0n) is 19.4. The molecule has 7 nitrogen and oxygen atoms in total. The van der Waals surface area contributed by atoms with Crippen molar-refractivity contribution in [2.24, 2.45) is 0 Å². The smallest absolute Gasteiger partial charge is 0.241 e. The van der Waals surface area contributed by atoms with Crippen molar-refractivity contribution in [3.63, 3.8) is 0 Å². The summed E-state index contributed by atoms with van der Waals surface area (Å²) in [6.45, 7) is 7.65. The van der Waals surface area contributed by atoms with Crippen molar-refractivity contribution in [1.29, 1.82) is 5.26 Å². The van der Waals surface area contributed by atoms with Crippen LogP contribution >= 0.6 is 0 Å². The minimum absolute atomic E-state index is 0.0611. The third-order valence-corrected chi connectivity index (χ3v) is 6.63. The summed E-state index contributed by atoms with van der Waals surface area (Å²) in [6, 6.07) is 8.36. The first-order chi connectivity index (χ1) is 15.5. The van der Waals surface area contributed by atoms with Gasteiger partial charge in [0.25, 0.3) is 0 Å². The van der Waals surface area contributed by atoms with Gasteiger partial charge in [-0.1, -0.05) is 12.5 Å². The molecule has 2 aliphatic rings. The molecular weight excluding hydrogens is 400 g/mol. The molecule has 2 aromatic rings. The Morgan fingerprint density at radius 2 is 1.94 bits per heavy atom. The first kappa shape index (κ1) is 22.5. The van der Waals surface area contributed by atoms with Crippen LogP contribution in [0, 0.1) is 25.2 Å². The van der Waals surface area contributed by atoms with Gasteiger partial charge in [0.15, 0.2) is 0 Å². The van der Waals surface area contributed by atoms with Crippen LogP contribution in [0.15, 0.2) is 18.2 Å². The summed E-state index contributed by atoms with van der Waals surface area (Å²) in [5.74, 6) is 2.62. The van der Waals surface area contributed by atoms with E-state index in [0.717, 1.165) is 67.4 Å². The Labute approximate surface area is 191 Å². The summed E-state index contributed by atoms with van der Waals surface area (Å²) in [6.07, 6.45) is 7.14. The number of anilines is 1. The van der Waals surface area contributed by atoms with Gasteiger partial charge in [-0.2, -0.15) is 5.26 Å². The Bertz CT molecular complexity index is 971. The second-order valence-electron chi connectivity index (χ2n) is 9.31. The largest absolute Gasteiger partial charge is 0.315 e. The topological polar surface area (TPSA) is 78.1 Å². The number of piperidine rings is 1. The van der Waals surface area contributed by atoms with Gasteiger partial charge in [-0.15, -0.1) is 10.2 Å². The molecule has 1 unspecified atom stereocenters. The van der Waals surface area contributed by atoms with Crippen molar-refractivity contribution >= 4 is 11.6 Å². The molecule has 3 heterocycles. The highest BCUT2D eigenvalue weighted by molar-refractivity contribution is 5.95. The number of nitrogens with zero attached hydrogens (tertiary/aromatic N) is 6. The number of carbonyl (C=O) groups is 1. The van der Waals surface area contributed by atoms with Crippen molar-refractivity contribution in [1.82, 2.24) is 19.7 Å². The molecule has 0 bridgehead atoms. The molecule has 1 aromatic carbocycles. The molecule has 0 radical (unpaired) electrons. The molecule has 0 spiro atoms. The van der Waals surface area contributed by atoms with Crippen LogP contribution in [-0.2, 0) is 17.8 Å². The number of carbonyl (C=O) groups excluding carboxylic acids is 1. The second-order valence-corrected chi connectivity index (χ2v) is 9.31. The van der Waals surface area contributed by atoms with E-state index in [2.05, 4.69) is 31.8 Å². The molecule has 170 valence electrons. The third-order valence-electron chi connectivity index (χ3n) is 6.63. The molecule has 32 heavy (non-hydrogen) atoms. The number of amides is 1. The minimum atomic E-state index is 0.0611. The lowest BCUT2D eigenvalue weighted by Crippen LogP contribution is -2.44. The zero-order chi connectivity index (χ0) is 22.5. The number of nitriles is 1. The van der Waals surface area contributed by atoms with E-state index >= 15 is 0 Å². The van der Waals surface area contributed by atoms with Gasteiger partial charge in [0.2, 0.25) is 5.91 Å². The summed E-state index contributed by atoms with van der Waals surface area (Å²) in [5, 5.41) is 18.2. The fraction of sp³-hybridized carbons (Fsp3) is 0.600. The van der Waals surface area contributed by atoms with E-state index in [-0.39, 0.29) is 5.91 Å². The fourth-order valence-corrected chi connectivity index (χ4v) is 5.16. The second kappa shape index (κ2) is 10.3. The number of fused-ring (bicyclic) bond motifs is 1. The van der Waals surface area contributed by atoms with Gasteiger partial charge in [-0.25, -0.2) is 0 Å². The molecule has 1 aromatic heterocycles. The average molecular weight is 435 g/mol. The van der Waals surface area contributed by atoms with Crippen molar-refractivity contribution < 1.29 is 4.79 Å². The summed E-state index contributed by atoms with van der Waals surface area (Å²) >= 11 is 0. The van der Waals surface area contributed by atoms with E-state index in [1.807, 2.05) is 26.0 Å². The molecule has 4 rings (SSSR count). The van der Waals surface area contributed by atoms with Gasteiger partial charge in [0.05, 0.1) is 19.0 Å². The van der Waals surface area contributed by atoms with Crippen LogP contribution in [0.1, 0.15) is 67.2 Å². The number of aryl methyl sites for hydroxylation is 3. The molecule has 1 atom stereocenters. The molecule has 2 aliphatic heterocycles. The van der Waals surface area contributed by atoms with Gasteiger partial charge in [-0.3, -0.25) is 9.69 Å². The predicted octanol–water partition coefficient (Wildman–Crippen LogP) is 3.75. The number of rotatable bonds is 6. The summed E-state index contributed by atoms with van der Waals surface area (Å²) in [4.78, 5) is 17.4. The molecule has 1 amide bonds. The SMILES string of the molecule is Cc1cc(C)cc(N(CCC#N)C(=O)CN2CCCC(c3nnc4n3CCCCC4)C2)c1. The van der Waals surface area contributed by atoms with E-state index in [1.54, 1.807) is 4.90 Å². The van der Waals surface area contributed by atoms with Crippen molar-refractivity contribution in [2.45, 2.75) is 71.3 Å². The molecule has 0 N–H and O–H groups in total. The summed E-state index contributed by atoms with van der Waals surface area (Å²) in [7, 11) is 0. The lowest BCUT2D eigenvalue weighted by Gasteiger charge is -2.33. The Morgan fingerprint density at radius 3 is 2.72 bits per heavy atom. The summed E-state index contributed by atoms with van der Waals surface area (Å²) < 4.78 is 2.34. The van der Waals surface area contributed by atoms with Gasteiger partial charge < -0.3 is 9.47 Å². The maximum absolute atomic E-state index is 13.4. The highest BCUT2D eigenvalue weighted by Crippen LogP contribution is 2.28. The van der Waals surface area contributed by atoms with Crippen molar-refractivity contribution in [3.05, 3.63) is 41.0 Å².